The van der Waals surface area contributed by atoms with Gasteiger partial charge in [-0.15, -0.1) is 0 Å². The normalized spacial score (nSPS) is 15.1. The number of nitrogens with two attached hydrogens (primary N) is 1. The highest BCUT2D eigenvalue weighted by atomic mass is 15.2. The van der Waals surface area contributed by atoms with Crippen LogP contribution >= 0.6 is 0 Å². The smallest absolute Gasteiger partial charge is 0.147 e. The van der Waals surface area contributed by atoms with Crippen LogP contribution in [0, 0.1) is 0 Å². The first kappa shape index (κ1) is 20.4. The van der Waals surface area contributed by atoms with E-state index in [1.165, 1.54) is 0 Å². The van der Waals surface area contributed by atoms with Gasteiger partial charge in [-0.25, -0.2) is 4.98 Å². The maximum absolute atomic E-state index is 5.71. The number of benzene rings is 2. The predicted molar refractivity (Wildman–Crippen MR) is 126 cm³/mol. The van der Waals surface area contributed by atoms with Gasteiger partial charge in [0.15, 0.2) is 0 Å². The molecule has 30 heavy (non-hydrogen) atoms. The number of aromatic nitrogens is 2. The van der Waals surface area contributed by atoms with Gasteiger partial charge in [0.05, 0.1) is 22.9 Å². The lowest BCUT2D eigenvalue weighted by molar-refractivity contribution is 0.249. The average Bonchev–Trinajstić information content (AvgIpc) is 2.79. The van der Waals surface area contributed by atoms with Crippen LogP contribution < -0.4 is 10.6 Å². The standard InChI is InChI=1S/C24H30N6/c1-26-22-14-18(5-4-17(22)8-11-25)19-6-7-21-23(15-19)28-24(16-27-21)30-12-9-20(10-13-30)29(2)3/h4-7,14-16,20H,1,8-13,25H2,2-3H3. The van der Waals surface area contributed by atoms with E-state index in [-0.39, 0.29) is 0 Å². The fourth-order valence-corrected chi connectivity index (χ4v) is 4.20. The van der Waals surface area contributed by atoms with E-state index in [1.807, 2.05) is 12.3 Å². The second-order valence-corrected chi connectivity index (χ2v) is 8.15. The number of anilines is 1. The molecule has 0 unspecified atom stereocenters. The van der Waals surface area contributed by atoms with Gasteiger partial charge in [-0.2, -0.15) is 0 Å². The molecule has 2 N–H and O–H groups in total. The Morgan fingerprint density at radius 3 is 2.53 bits per heavy atom. The van der Waals surface area contributed by atoms with Crippen LogP contribution in [0.15, 0.2) is 47.6 Å². The van der Waals surface area contributed by atoms with Crippen molar-refractivity contribution in [2.24, 2.45) is 10.7 Å². The Balaban J connectivity index is 1.62. The van der Waals surface area contributed by atoms with Crippen molar-refractivity contribution in [2.75, 3.05) is 38.6 Å². The Bertz CT molecular complexity index is 1040. The van der Waals surface area contributed by atoms with Gasteiger partial charge in [0.2, 0.25) is 0 Å². The summed E-state index contributed by atoms with van der Waals surface area (Å²) in [6.07, 6.45) is 5.00. The molecule has 3 aromatic rings. The van der Waals surface area contributed by atoms with Crippen molar-refractivity contribution >= 4 is 29.3 Å². The lowest BCUT2D eigenvalue weighted by atomic mass is 10.0. The molecule has 1 aliphatic rings. The largest absolute Gasteiger partial charge is 0.355 e. The number of hydrogen-bond donors (Lipinski definition) is 1. The van der Waals surface area contributed by atoms with Crippen LogP contribution in [0.2, 0.25) is 0 Å². The van der Waals surface area contributed by atoms with Crippen molar-refractivity contribution in [3.05, 3.63) is 48.2 Å². The SMILES string of the molecule is C=Nc1cc(-c2ccc3ncc(N4CCC(N(C)C)CC4)nc3c2)ccc1CCN. The quantitative estimate of drug-likeness (QED) is 0.637. The first-order valence-corrected chi connectivity index (χ1v) is 10.6. The number of hydrogen-bond acceptors (Lipinski definition) is 6. The van der Waals surface area contributed by atoms with Crippen LogP contribution in [-0.2, 0) is 6.42 Å². The van der Waals surface area contributed by atoms with Crippen molar-refractivity contribution < 1.29 is 0 Å². The Morgan fingerprint density at radius 2 is 1.83 bits per heavy atom. The summed E-state index contributed by atoms with van der Waals surface area (Å²) in [7, 11) is 4.32. The van der Waals surface area contributed by atoms with Gasteiger partial charge in [-0.1, -0.05) is 18.2 Å². The average molecular weight is 403 g/mol. The lowest BCUT2D eigenvalue weighted by Crippen LogP contribution is -2.42. The number of rotatable bonds is 6. The Hall–Kier alpha value is -2.83. The highest BCUT2D eigenvalue weighted by molar-refractivity contribution is 5.83. The minimum Gasteiger partial charge on any atom is -0.355 e. The molecule has 4 rings (SSSR count). The molecule has 0 radical (unpaired) electrons. The summed E-state index contributed by atoms with van der Waals surface area (Å²) in [5.41, 5.74) is 11.7. The third-order valence-corrected chi connectivity index (χ3v) is 6.05. The van der Waals surface area contributed by atoms with Crippen molar-refractivity contribution in [1.29, 1.82) is 0 Å². The van der Waals surface area contributed by atoms with Crippen molar-refractivity contribution in [3.63, 3.8) is 0 Å². The zero-order valence-electron chi connectivity index (χ0n) is 17.9. The van der Waals surface area contributed by atoms with Gasteiger partial charge in [-0.3, -0.25) is 9.98 Å². The Labute approximate surface area is 178 Å². The van der Waals surface area contributed by atoms with Crippen LogP contribution in [-0.4, -0.2) is 61.4 Å². The number of nitrogens with zero attached hydrogens (tertiary/aromatic N) is 5. The molecule has 0 atom stereocenters. The van der Waals surface area contributed by atoms with E-state index in [4.69, 9.17) is 10.7 Å². The summed E-state index contributed by atoms with van der Waals surface area (Å²) < 4.78 is 0. The van der Waals surface area contributed by atoms with E-state index in [2.05, 4.69) is 70.9 Å². The second kappa shape index (κ2) is 8.90. The molecule has 6 heteroatoms. The van der Waals surface area contributed by atoms with Gasteiger partial charge in [0, 0.05) is 19.1 Å². The van der Waals surface area contributed by atoms with Crippen LogP contribution in [0.3, 0.4) is 0 Å². The van der Waals surface area contributed by atoms with E-state index in [0.717, 1.165) is 71.6 Å². The van der Waals surface area contributed by atoms with Crippen LogP contribution in [0.1, 0.15) is 18.4 Å². The summed E-state index contributed by atoms with van der Waals surface area (Å²) in [5.74, 6) is 0.962. The number of fused-ring (bicyclic) bond motifs is 1. The first-order chi connectivity index (χ1) is 14.6. The minimum absolute atomic E-state index is 0.599. The maximum Gasteiger partial charge on any atom is 0.147 e. The van der Waals surface area contributed by atoms with Gasteiger partial charge >= 0.3 is 0 Å². The molecule has 1 aromatic heterocycles. The minimum atomic E-state index is 0.599. The van der Waals surface area contributed by atoms with E-state index in [9.17, 15) is 0 Å². The van der Waals surface area contributed by atoms with Gasteiger partial charge < -0.3 is 15.5 Å². The molecule has 0 amide bonds. The fourth-order valence-electron chi connectivity index (χ4n) is 4.20. The van der Waals surface area contributed by atoms with Crippen LogP contribution in [0.5, 0.6) is 0 Å². The summed E-state index contributed by atoms with van der Waals surface area (Å²) in [6.45, 7) is 6.34. The van der Waals surface area contributed by atoms with Gasteiger partial charge in [0.25, 0.3) is 0 Å². The molecule has 156 valence electrons. The molecule has 6 nitrogen and oxygen atoms in total. The van der Waals surface area contributed by atoms with Crippen molar-refractivity contribution in [1.82, 2.24) is 14.9 Å². The van der Waals surface area contributed by atoms with Crippen molar-refractivity contribution in [3.8, 4) is 11.1 Å². The van der Waals surface area contributed by atoms with Gasteiger partial charge in [-0.05, 0) is 81.5 Å². The van der Waals surface area contributed by atoms with E-state index >= 15 is 0 Å². The molecule has 2 aromatic carbocycles. The lowest BCUT2D eigenvalue weighted by Gasteiger charge is -2.35. The third kappa shape index (κ3) is 4.20. The molecule has 2 heterocycles. The molecule has 0 aliphatic carbocycles. The Morgan fingerprint density at radius 1 is 1.10 bits per heavy atom. The second-order valence-electron chi connectivity index (χ2n) is 8.15. The summed E-state index contributed by atoms with van der Waals surface area (Å²) in [4.78, 5) is 18.5. The van der Waals surface area contributed by atoms with Crippen LogP contribution in [0.4, 0.5) is 11.5 Å². The van der Waals surface area contributed by atoms with E-state index < -0.39 is 0 Å². The first-order valence-electron chi connectivity index (χ1n) is 10.6. The number of aliphatic imine (C=N–C) groups is 1. The summed E-state index contributed by atoms with van der Waals surface area (Å²) >= 11 is 0. The molecule has 1 aliphatic heterocycles. The molecule has 1 saturated heterocycles. The highest BCUT2D eigenvalue weighted by Gasteiger charge is 2.21. The third-order valence-electron chi connectivity index (χ3n) is 6.05. The zero-order chi connectivity index (χ0) is 21.1. The topological polar surface area (TPSA) is 70.6 Å². The predicted octanol–water partition coefficient (Wildman–Crippen LogP) is 3.66. The van der Waals surface area contributed by atoms with Gasteiger partial charge in [0.1, 0.15) is 5.82 Å². The molecular weight excluding hydrogens is 372 g/mol. The van der Waals surface area contributed by atoms with E-state index in [0.29, 0.717) is 12.6 Å². The molecule has 0 saturated carbocycles. The Kier molecular flexibility index (Phi) is 6.06. The van der Waals surface area contributed by atoms with Crippen molar-refractivity contribution in [2.45, 2.75) is 25.3 Å². The van der Waals surface area contributed by atoms with E-state index in [1.54, 1.807) is 0 Å². The summed E-state index contributed by atoms with van der Waals surface area (Å²) in [6, 6.07) is 13.2. The molecule has 0 spiro atoms. The fraction of sp³-hybridized carbons (Fsp3) is 0.375. The monoisotopic (exact) mass is 402 g/mol. The zero-order valence-corrected chi connectivity index (χ0v) is 17.9. The number of piperidine rings is 1. The highest BCUT2D eigenvalue weighted by Crippen LogP contribution is 2.30. The summed E-state index contributed by atoms with van der Waals surface area (Å²) in [5, 5.41) is 0. The molecule has 0 bridgehead atoms. The van der Waals surface area contributed by atoms with Crippen LogP contribution in [0.25, 0.3) is 22.2 Å². The molecular formula is C24H30N6. The maximum atomic E-state index is 5.71. The molecule has 1 fully saturated rings.